The maximum Gasteiger partial charge on any atom is 0.151 e. The van der Waals surface area contributed by atoms with Gasteiger partial charge in [0.25, 0.3) is 0 Å². The van der Waals surface area contributed by atoms with E-state index in [1.165, 1.54) is 6.07 Å². The number of para-hydroxylation sites is 1. The normalized spacial score (nSPS) is 11.0. The molecule has 1 aromatic carbocycles. The maximum absolute atomic E-state index is 13.2. The van der Waals surface area contributed by atoms with Gasteiger partial charge in [-0.15, -0.1) is 11.6 Å². The molecule has 0 bridgehead atoms. The van der Waals surface area contributed by atoms with Gasteiger partial charge in [0.05, 0.1) is 5.52 Å². The molecule has 0 aliphatic heterocycles. The van der Waals surface area contributed by atoms with Gasteiger partial charge in [0.15, 0.2) is 5.82 Å². The van der Waals surface area contributed by atoms with Crippen LogP contribution in [0.25, 0.3) is 11.0 Å². The largest absolute Gasteiger partial charge is 0.342 e. The summed E-state index contributed by atoms with van der Waals surface area (Å²) in [5.41, 5.74) is 1.16. The average molecular weight is 213 g/mol. The Bertz CT molecular complexity index is 439. The van der Waals surface area contributed by atoms with Crippen LogP contribution in [-0.4, -0.2) is 15.8 Å². The number of alkyl halides is 1. The first-order valence-electron chi connectivity index (χ1n) is 4.50. The van der Waals surface area contributed by atoms with Crippen molar-refractivity contribution in [2.24, 2.45) is 0 Å². The Morgan fingerprint density at radius 3 is 3.00 bits per heavy atom. The van der Waals surface area contributed by atoms with Crippen LogP contribution in [0, 0.1) is 5.82 Å². The minimum Gasteiger partial charge on any atom is -0.342 e. The van der Waals surface area contributed by atoms with Gasteiger partial charge in [-0.05, 0) is 18.6 Å². The van der Waals surface area contributed by atoms with Crippen LogP contribution in [0.3, 0.4) is 0 Å². The number of benzene rings is 1. The summed E-state index contributed by atoms with van der Waals surface area (Å²) in [7, 11) is 0. The van der Waals surface area contributed by atoms with Gasteiger partial charge < -0.3 is 4.98 Å². The number of aryl methyl sites for hydroxylation is 1. The molecule has 0 radical (unpaired) electrons. The van der Waals surface area contributed by atoms with E-state index in [1.54, 1.807) is 6.07 Å². The number of hydrogen-bond donors (Lipinski definition) is 1. The molecule has 0 amide bonds. The molecular weight excluding hydrogens is 203 g/mol. The van der Waals surface area contributed by atoms with Crippen molar-refractivity contribution < 1.29 is 4.39 Å². The molecule has 0 spiro atoms. The topological polar surface area (TPSA) is 28.7 Å². The Balaban J connectivity index is 2.36. The van der Waals surface area contributed by atoms with Crippen molar-refractivity contribution in [2.45, 2.75) is 12.8 Å². The van der Waals surface area contributed by atoms with E-state index in [-0.39, 0.29) is 5.82 Å². The number of aromatic nitrogens is 2. The molecule has 2 nitrogen and oxygen atoms in total. The highest BCUT2D eigenvalue weighted by Gasteiger charge is 2.05. The predicted octanol–water partition coefficient (Wildman–Crippen LogP) is 2.87. The lowest BCUT2D eigenvalue weighted by Crippen LogP contribution is -1.88. The number of nitrogens with one attached hydrogen (secondary N) is 1. The van der Waals surface area contributed by atoms with Crippen LogP contribution < -0.4 is 0 Å². The average Bonchev–Trinajstić information content (AvgIpc) is 2.59. The summed E-state index contributed by atoms with van der Waals surface area (Å²) in [6.45, 7) is 0. The lowest BCUT2D eigenvalue weighted by Gasteiger charge is -1.89. The molecule has 0 saturated heterocycles. The third-order valence-electron chi connectivity index (χ3n) is 2.06. The molecule has 0 fully saturated rings. The molecule has 2 rings (SSSR count). The molecular formula is C10H10ClFN2. The van der Waals surface area contributed by atoms with E-state index >= 15 is 0 Å². The van der Waals surface area contributed by atoms with Crippen molar-refractivity contribution in [3.8, 4) is 0 Å². The minimum atomic E-state index is -0.282. The van der Waals surface area contributed by atoms with Crippen LogP contribution in [-0.2, 0) is 6.42 Å². The second kappa shape index (κ2) is 3.96. The van der Waals surface area contributed by atoms with Crippen molar-refractivity contribution in [3.05, 3.63) is 29.8 Å². The molecule has 14 heavy (non-hydrogen) atoms. The van der Waals surface area contributed by atoms with Crippen molar-refractivity contribution in [1.29, 1.82) is 0 Å². The fraction of sp³-hybridized carbons (Fsp3) is 0.300. The molecule has 1 N–H and O–H groups in total. The van der Waals surface area contributed by atoms with Gasteiger partial charge >= 0.3 is 0 Å². The number of halogens is 2. The van der Waals surface area contributed by atoms with Gasteiger partial charge in [0.1, 0.15) is 11.3 Å². The Kier molecular flexibility index (Phi) is 2.68. The van der Waals surface area contributed by atoms with Crippen molar-refractivity contribution in [3.63, 3.8) is 0 Å². The van der Waals surface area contributed by atoms with Crippen LogP contribution >= 0.6 is 11.6 Å². The molecule has 0 atom stereocenters. The van der Waals surface area contributed by atoms with E-state index in [0.29, 0.717) is 11.4 Å². The minimum absolute atomic E-state index is 0.282. The Morgan fingerprint density at radius 2 is 2.29 bits per heavy atom. The van der Waals surface area contributed by atoms with E-state index in [0.717, 1.165) is 24.2 Å². The smallest absolute Gasteiger partial charge is 0.151 e. The highest BCUT2D eigenvalue weighted by molar-refractivity contribution is 6.17. The van der Waals surface area contributed by atoms with E-state index in [4.69, 9.17) is 11.6 Å². The summed E-state index contributed by atoms with van der Waals surface area (Å²) >= 11 is 5.57. The maximum atomic E-state index is 13.2. The monoisotopic (exact) mass is 212 g/mol. The van der Waals surface area contributed by atoms with E-state index in [1.807, 2.05) is 6.07 Å². The molecule has 1 heterocycles. The molecule has 0 unspecified atom stereocenters. The molecule has 0 aliphatic rings. The van der Waals surface area contributed by atoms with Gasteiger partial charge in [-0.3, -0.25) is 0 Å². The summed E-state index contributed by atoms with van der Waals surface area (Å²) in [4.78, 5) is 7.22. The number of H-pyrrole nitrogens is 1. The molecule has 4 heteroatoms. The van der Waals surface area contributed by atoms with Crippen molar-refractivity contribution >= 4 is 22.6 Å². The SMILES string of the molecule is Fc1cccc2[nH]c(CCCCl)nc12. The van der Waals surface area contributed by atoms with Gasteiger partial charge in [-0.2, -0.15) is 0 Å². The fourth-order valence-electron chi connectivity index (χ4n) is 1.40. The van der Waals surface area contributed by atoms with Gasteiger partial charge in [-0.1, -0.05) is 6.07 Å². The second-order valence-electron chi connectivity index (χ2n) is 3.11. The number of fused-ring (bicyclic) bond motifs is 1. The summed E-state index contributed by atoms with van der Waals surface area (Å²) in [5, 5.41) is 0. The van der Waals surface area contributed by atoms with Crippen LogP contribution in [0.4, 0.5) is 4.39 Å². The Hall–Kier alpha value is -1.09. The van der Waals surface area contributed by atoms with Crippen LogP contribution in [0.1, 0.15) is 12.2 Å². The quantitative estimate of drug-likeness (QED) is 0.779. The lowest BCUT2D eigenvalue weighted by molar-refractivity contribution is 0.637. The van der Waals surface area contributed by atoms with Crippen LogP contribution in [0.2, 0.25) is 0 Å². The Morgan fingerprint density at radius 1 is 1.43 bits per heavy atom. The number of rotatable bonds is 3. The first-order valence-corrected chi connectivity index (χ1v) is 5.04. The highest BCUT2D eigenvalue weighted by Crippen LogP contribution is 2.15. The summed E-state index contributed by atoms with van der Waals surface area (Å²) in [6, 6.07) is 4.89. The molecule has 2 aromatic rings. The van der Waals surface area contributed by atoms with E-state index in [2.05, 4.69) is 9.97 Å². The zero-order valence-electron chi connectivity index (χ0n) is 7.56. The number of hydrogen-bond acceptors (Lipinski definition) is 1. The predicted molar refractivity (Wildman–Crippen MR) is 55.1 cm³/mol. The zero-order valence-corrected chi connectivity index (χ0v) is 8.31. The molecule has 0 saturated carbocycles. The third-order valence-corrected chi connectivity index (χ3v) is 2.33. The third kappa shape index (κ3) is 1.73. The lowest BCUT2D eigenvalue weighted by atomic mass is 10.3. The van der Waals surface area contributed by atoms with Crippen molar-refractivity contribution in [2.75, 3.05) is 5.88 Å². The van der Waals surface area contributed by atoms with Crippen LogP contribution in [0.5, 0.6) is 0 Å². The first-order chi connectivity index (χ1) is 6.81. The van der Waals surface area contributed by atoms with E-state index < -0.39 is 0 Å². The summed E-state index contributed by atoms with van der Waals surface area (Å²) in [5.74, 6) is 1.11. The molecule has 1 aromatic heterocycles. The second-order valence-corrected chi connectivity index (χ2v) is 3.49. The van der Waals surface area contributed by atoms with Crippen molar-refractivity contribution in [1.82, 2.24) is 9.97 Å². The summed E-state index contributed by atoms with van der Waals surface area (Å²) in [6.07, 6.45) is 1.61. The highest BCUT2D eigenvalue weighted by atomic mass is 35.5. The standard InChI is InChI=1S/C10H10ClFN2/c11-6-2-5-9-13-8-4-1-3-7(12)10(8)14-9/h1,3-4H,2,5-6H2,(H,13,14). The van der Waals surface area contributed by atoms with Gasteiger partial charge in [-0.25, -0.2) is 9.37 Å². The van der Waals surface area contributed by atoms with Gasteiger partial charge in [0, 0.05) is 12.3 Å². The molecule has 0 aliphatic carbocycles. The summed E-state index contributed by atoms with van der Waals surface area (Å²) < 4.78 is 13.2. The fourth-order valence-corrected chi connectivity index (χ4v) is 1.53. The molecule has 74 valence electrons. The zero-order chi connectivity index (χ0) is 9.97. The first kappa shape index (κ1) is 9.46. The van der Waals surface area contributed by atoms with E-state index in [9.17, 15) is 4.39 Å². The number of imidazole rings is 1. The number of aromatic amines is 1. The number of nitrogens with zero attached hydrogens (tertiary/aromatic N) is 1. The van der Waals surface area contributed by atoms with Crippen LogP contribution in [0.15, 0.2) is 18.2 Å². The Labute approximate surface area is 86.1 Å². The van der Waals surface area contributed by atoms with Gasteiger partial charge in [0.2, 0.25) is 0 Å².